The first kappa shape index (κ1) is 19.7. The fourth-order valence-electron chi connectivity index (χ4n) is 3.00. The maximum atomic E-state index is 12.1. The summed E-state index contributed by atoms with van der Waals surface area (Å²) in [5.41, 5.74) is 4.33. The van der Waals surface area contributed by atoms with Gasteiger partial charge in [-0.1, -0.05) is 44.2 Å². The van der Waals surface area contributed by atoms with Crippen molar-refractivity contribution in [2.45, 2.75) is 33.1 Å². The van der Waals surface area contributed by atoms with Gasteiger partial charge in [0.15, 0.2) is 6.61 Å². The van der Waals surface area contributed by atoms with Crippen LogP contribution in [0, 0.1) is 6.92 Å². The van der Waals surface area contributed by atoms with Crippen LogP contribution < -0.4 is 10.1 Å². The number of aromatic nitrogens is 2. The van der Waals surface area contributed by atoms with Crippen LogP contribution in [-0.2, 0) is 11.2 Å². The first-order chi connectivity index (χ1) is 13.5. The number of rotatable bonds is 8. The van der Waals surface area contributed by atoms with Crippen molar-refractivity contribution in [1.29, 1.82) is 0 Å². The molecule has 3 aromatic rings. The smallest absolute Gasteiger partial charge is 0.257 e. The topological polar surface area (TPSA) is 56.1 Å². The van der Waals surface area contributed by atoms with Gasteiger partial charge in [-0.3, -0.25) is 4.79 Å². The van der Waals surface area contributed by atoms with Gasteiger partial charge in [-0.15, -0.1) is 0 Å². The molecule has 0 saturated carbocycles. The minimum atomic E-state index is -0.119. The average molecular weight is 377 g/mol. The number of aryl methyl sites for hydroxylation is 1. The largest absolute Gasteiger partial charge is 0.483 e. The number of carbonyl (C=O) groups excluding carboxylic acids is 1. The molecule has 5 nitrogen and oxygen atoms in total. The second-order valence-corrected chi connectivity index (χ2v) is 7.21. The third-order valence-corrected chi connectivity index (χ3v) is 4.54. The maximum Gasteiger partial charge on any atom is 0.257 e. The SMILES string of the molecule is Cc1ccc(C(C)C)c(OCC(=O)NCCc2cnn(-c3ccccc3)c2)c1. The summed E-state index contributed by atoms with van der Waals surface area (Å²) >= 11 is 0. The molecule has 1 N–H and O–H groups in total. The molecule has 0 spiro atoms. The van der Waals surface area contributed by atoms with Gasteiger partial charge in [0.1, 0.15) is 5.75 Å². The highest BCUT2D eigenvalue weighted by molar-refractivity contribution is 5.77. The van der Waals surface area contributed by atoms with E-state index in [4.69, 9.17) is 4.74 Å². The summed E-state index contributed by atoms with van der Waals surface area (Å²) in [6.07, 6.45) is 4.54. The summed E-state index contributed by atoms with van der Waals surface area (Å²) in [5.74, 6) is 1.01. The minimum Gasteiger partial charge on any atom is -0.483 e. The number of hydrogen-bond donors (Lipinski definition) is 1. The number of amides is 1. The molecule has 0 atom stereocenters. The van der Waals surface area contributed by atoms with Gasteiger partial charge in [-0.25, -0.2) is 4.68 Å². The van der Waals surface area contributed by atoms with Gasteiger partial charge in [0.05, 0.1) is 11.9 Å². The van der Waals surface area contributed by atoms with E-state index >= 15 is 0 Å². The van der Waals surface area contributed by atoms with E-state index in [0.29, 0.717) is 12.5 Å². The van der Waals surface area contributed by atoms with Crippen molar-refractivity contribution in [3.8, 4) is 11.4 Å². The molecule has 0 bridgehead atoms. The first-order valence-corrected chi connectivity index (χ1v) is 9.62. The summed E-state index contributed by atoms with van der Waals surface area (Å²) in [6, 6.07) is 16.1. The summed E-state index contributed by atoms with van der Waals surface area (Å²) in [6.45, 7) is 6.83. The van der Waals surface area contributed by atoms with Crippen LogP contribution in [0.1, 0.15) is 36.5 Å². The summed E-state index contributed by atoms with van der Waals surface area (Å²) in [7, 11) is 0. The standard InChI is InChI=1S/C23H27N3O2/c1-17(2)21-10-9-18(3)13-22(21)28-16-23(27)24-12-11-19-14-25-26(15-19)20-7-5-4-6-8-20/h4-10,13-15,17H,11-12,16H2,1-3H3,(H,24,27). The van der Waals surface area contributed by atoms with E-state index in [2.05, 4.69) is 36.4 Å². The molecule has 1 aromatic heterocycles. The van der Waals surface area contributed by atoms with Crippen molar-refractivity contribution in [3.63, 3.8) is 0 Å². The monoisotopic (exact) mass is 377 g/mol. The molecule has 1 heterocycles. The zero-order valence-corrected chi connectivity index (χ0v) is 16.7. The third kappa shape index (κ3) is 5.22. The summed E-state index contributed by atoms with van der Waals surface area (Å²) < 4.78 is 7.62. The fraction of sp³-hybridized carbons (Fsp3) is 0.304. The zero-order chi connectivity index (χ0) is 19.9. The van der Waals surface area contributed by atoms with Crippen LogP contribution in [0.2, 0.25) is 0 Å². The van der Waals surface area contributed by atoms with Crippen LogP contribution >= 0.6 is 0 Å². The number of ether oxygens (including phenoxy) is 1. The predicted octanol–water partition coefficient (Wildman–Crippen LogP) is 4.04. The molecule has 0 saturated heterocycles. The minimum absolute atomic E-state index is 0.0203. The van der Waals surface area contributed by atoms with E-state index in [1.807, 2.05) is 60.4 Å². The molecule has 0 aliphatic heterocycles. The Bertz CT molecular complexity index is 917. The number of carbonyl (C=O) groups is 1. The van der Waals surface area contributed by atoms with Gasteiger partial charge in [-0.05, 0) is 54.2 Å². The molecule has 0 unspecified atom stereocenters. The van der Waals surface area contributed by atoms with Gasteiger partial charge in [0.25, 0.3) is 5.91 Å². The van der Waals surface area contributed by atoms with E-state index in [-0.39, 0.29) is 12.5 Å². The van der Waals surface area contributed by atoms with Crippen molar-refractivity contribution in [2.24, 2.45) is 0 Å². The number of para-hydroxylation sites is 1. The lowest BCUT2D eigenvalue weighted by Gasteiger charge is -2.14. The molecule has 2 aromatic carbocycles. The summed E-state index contributed by atoms with van der Waals surface area (Å²) in [4.78, 5) is 12.1. The van der Waals surface area contributed by atoms with Crippen molar-refractivity contribution >= 4 is 5.91 Å². The van der Waals surface area contributed by atoms with E-state index in [1.165, 1.54) is 0 Å². The zero-order valence-electron chi connectivity index (χ0n) is 16.7. The predicted molar refractivity (Wildman–Crippen MR) is 111 cm³/mol. The molecule has 5 heteroatoms. The number of nitrogens with one attached hydrogen (secondary N) is 1. The highest BCUT2D eigenvalue weighted by atomic mass is 16.5. The van der Waals surface area contributed by atoms with Gasteiger partial charge in [0.2, 0.25) is 0 Å². The second kappa shape index (κ2) is 9.22. The Hall–Kier alpha value is -3.08. The van der Waals surface area contributed by atoms with Crippen molar-refractivity contribution in [1.82, 2.24) is 15.1 Å². The van der Waals surface area contributed by atoms with Crippen LogP contribution in [0.3, 0.4) is 0 Å². The van der Waals surface area contributed by atoms with Crippen LogP contribution in [0.4, 0.5) is 0 Å². The highest BCUT2D eigenvalue weighted by Gasteiger charge is 2.10. The van der Waals surface area contributed by atoms with E-state index in [1.54, 1.807) is 0 Å². The van der Waals surface area contributed by atoms with Crippen LogP contribution in [0.25, 0.3) is 5.69 Å². The molecule has 3 rings (SSSR count). The Kier molecular flexibility index (Phi) is 6.48. The lowest BCUT2D eigenvalue weighted by Crippen LogP contribution is -2.30. The molecule has 146 valence electrons. The fourth-order valence-corrected chi connectivity index (χ4v) is 3.00. The molecular weight excluding hydrogens is 350 g/mol. The Morgan fingerprint density at radius 2 is 1.96 bits per heavy atom. The Morgan fingerprint density at radius 3 is 2.71 bits per heavy atom. The Balaban J connectivity index is 1.47. The van der Waals surface area contributed by atoms with Crippen molar-refractivity contribution in [2.75, 3.05) is 13.2 Å². The van der Waals surface area contributed by atoms with E-state index < -0.39 is 0 Å². The summed E-state index contributed by atoms with van der Waals surface area (Å²) in [5, 5.41) is 7.29. The molecule has 1 amide bonds. The lowest BCUT2D eigenvalue weighted by molar-refractivity contribution is -0.123. The van der Waals surface area contributed by atoms with Crippen LogP contribution in [-0.4, -0.2) is 28.8 Å². The lowest BCUT2D eigenvalue weighted by atomic mass is 10.0. The quantitative estimate of drug-likeness (QED) is 0.644. The van der Waals surface area contributed by atoms with Gasteiger partial charge >= 0.3 is 0 Å². The van der Waals surface area contributed by atoms with Crippen molar-refractivity contribution < 1.29 is 9.53 Å². The first-order valence-electron chi connectivity index (χ1n) is 9.62. The van der Waals surface area contributed by atoms with Crippen LogP contribution in [0.15, 0.2) is 60.9 Å². The van der Waals surface area contributed by atoms with Gasteiger partial charge in [0, 0.05) is 12.7 Å². The molecule has 28 heavy (non-hydrogen) atoms. The maximum absolute atomic E-state index is 12.1. The number of benzene rings is 2. The third-order valence-electron chi connectivity index (χ3n) is 4.54. The Morgan fingerprint density at radius 1 is 1.18 bits per heavy atom. The molecule has 0 aliphatic carbocycles. The molecular formula is C23H27N3O2. The van der Waals surface area contributed by atoms with E-state index in [9.17, 15) is 4.79 Å². The highest BCUT2D eigenvalue weighted by Crippen LogP contribution is 2.27. The molecule has 0 aliphatic rings. The second-order valence-electron chi connectivity index (χ2n) is 7.21. The van der Waals surface area contributed by atoms with Crippen LogP contribution in [0.5, 0.6) is 5.75 Å². The Labute approximate surface area is 166 Å². The number of nitrogens with zero attached hydrogens (tertiary/aromatic N) is 2. The molecule has 0 radical (unpaired) electrons. The van der Waals surface area contributed by atoms with Gasteiger partial charge in [-0.2, -0.15) is 5.10 Å². The number of hydrogen-bond acceptors (Lipinski definition) is 3. The molecule has 0 fully saturated rings. The normalized spacial score (nSPS) is 10.9. The van der Waals surface area contributed by atoms with Crippen molar-refractivity contribution in [3.05, 3.63) is 77.6 Å². The van der Waals surface area contributed by atoms with Gasteiger partial charge < -0.3 is 10.1 Å². The van der Waals surface area contributed by atoms with E-state index in [0.717, 1.165) is 34.5 Å². The average Bonchev–Trinajstić information content (AvgIpc) is 3.16.